The van der Waals surface area contributed by atoms with Crippen molar-refractivity contribution in [1.82, 2.24) is 19.9 Å². The molecule has 2 aliphatic rings. The Labute approximate surface area is 136 Å². The van der Waals surface area contributed by atoms with E-state index in [1.165, 1.54) is 0 Å². The van der Waals surface area contributed by atoms with Gasteiger partial charge in [0.15, 0.2) is 0 Å². The molecule has 0 spiro atoms. The molecule has 3 rings (SSSR count). The number of aromatic nitrogens is 3. The molecule has 2 fully saturated rings. The number of morpholine rings is 1. The minimum Gasteiger partial charge on any atom is -0.378 e. The van der Waals surface area contributed by atoms with Crippen LogP contribution in [-0.4, -0.2) is 78.4 Å². The van der Waals surface area contributed by atoms with Crippen LogP contribution in [0.15, 0.2) is 0 Å². The number of hydrogen-bond acceptors (Lipinski definition) is 7. The Morgan fingerprint density at radius 1 is 0.864 bits per heavy atom. The third-order valence-electron chi connectivity index (χ3n) is 4.21. The summed E-state index contributed by atoms with van der Waals surface area (Å²) >= 11 is 6.11. The van der Waals surface area contributed by atoms with Crippen molar-refractivity contribution in [1.29, 1.82) is 0 Å². The molecule has 7 nitrogen and oxygen atoms in total. The maximum Gasteiger partial charge on any atom is 0.231 e. The molecule has 0 unspecified atom stereocenters. The van der Waals surface area contributed by atoms with Gasteiger partial charge in [-0.1, -0.05) is 0 Å². The zero-order valence-corrected chi connectivity index (χ0v) is 14.0. The zero-order chi connectivity index (χ0) is 15.5. The average Bonchev–Trinajstić information content (AvgIpc) is 2.55. The van der Waals surface area contributed by atoms with Crippen LogP contribution in [0.5, 0.6) is 0 Å². The fourth-order valence-corrected chi connectivity index (χ4v) is 2.97. The second-order valence-electron chi connectivity index (χ2n) is 5.92. The van der Waals surface area contributed by atoms with Gasteiger partial charge in [-0.25, -0.2) is 0 Å². The van der Waals surface area contributed by atoms with E-state index in [1.54, 1.807) is 0 Å². The molecule has 8 heteroatoms. The number of piperazine rings is 1. The fraction of sp³-hybridized carbons (Fsp3) is 0.786. The van der Waals surface area contributed by atoms with Gasteiger partial charge in [0.05, 0.1) is 13.2 Å². The molecule has 0 radical (unpaired) electrons. The van der Waals surface area contributed by atoms with E-state index >= 15 is 0 Å². The van der Waals surface area contributed by atoms with E-state index in [2.05, 4.69) is 43.5 Å². The summed E-state index contributed by atoms with van der Waals surface area (Å²) in [6.07, 6.45) is 0. The molecule has 0 aliphatic carbocycles. The molecule has 122 valence electrons. The summed E-state index contributed by atoms with van der Waals surface area (Å²) < 4.78 is 5.37. The first-order valence-corrected chi connectivity index (χ1v) is 8.24. The first-order chi connectivity index (χ1) is 10.6. The highest BCUT2D eigenvalue weighted by molar-refractivity contribution is 6.28. The number of anilines is 2. The number of halogens is 1. The van der Waals surface area contributed by atoms with Crippen molar-refractivity contribution >= 4 is 23.5 Å². The van der Waals surface area contributed by atoms with E-state index in [4.69, 9.17) is 16.3 Å². The van der Waals surface area contributed by atoms with Crippen molar-refractivity contribution in [3.63, 3.8) is 0 Å². The second kappa shape index (κ2) is 6.93. The van der Waals surface area contributed by atoms with Crippen LogP contribution in [0.1, 0.15) is 13.8 Å². The average molecular weight is 327 g/mol. The van der Waals surface area contributed by atoms with Crippen molar-refractivity contribution in [2.45, 2.75) is 19.9 Å². The topological polar surface area (TPSA) is 57.6 Å². The first kappa shape index (κ1) is 15.7. The Morgan fingerprint density at radius 2 is 1.41 bits per heavy atom. The van der Waals surface area contributed by atoms with E-state index in [0.29, 0.717) is 31.2 Å². The van der Waals surface area contributed by atoms with Crippen LogP contribution in [0.3, 0.4) is 0 Å². The minimum absolute atomic E-state index is 0.262. The Kier molecular flexibility index (Phi) is 4.95. The molecule has 1 aromatic rings. The molecule has 2 aliphatic heterocycles. The Morgan fingerprint density at radius 3 is 1.95 bits per heavy atom. The molecule has 0 bridgehead atoms. The molecular formula is C14H23ClN6O. The van der Waals surface area contributed by atoms with Crippen LogP contribution in [0.25, 0.3) is 0 Å². The normalized spacial score (nSPS) is 20.7. The molecule has 0 amide bonds. The van der Waals surface area contributed by atoms with Gasteiger partial charge in [-0.2, -0.15) is 15.0 Å². The molecule has 3 heterocycles. The molecule has 0 atom stereocenters. The van der Waals surface area contributed by atoms with Crippen LogP contribution >= 0.6 is 11.6 Å². The van der Waals surface area contributed by atoms with E-state index in [-0.39, 0.29) is 5.28 Å². The molecule has 0 N–H and O–H groups in total. The van der Waals surface area contributed by atoms with Crippen LogP contribution in [0, 0.1) is 0 Å². The van der Waals surface area contributed by atoms with E-state index in [1.807, 2.05) is 0 Å². The van der Waals surface area contributed by atoms with Gasteiger partial charge in [-0.05, 0) is 25.4 Å². The number of nitrogens with zero attached hydrogens (tertiary/aromatic N) is 6. The maximum atomic E-state index is 6.11. The lowest BCUT2D eigenvalue weighted by Crippen LogP contribution is -2.49. The van der Waals surface area contributed by atoms with E-state index < -0.39 is 0 Å². The molecule has 2 saturated heterocycles. The zero-order valence-electron chi connectivity index (χ0n) is 13.2. The van der Waals surface area contributed by atoms with Gasteiger partial charge < -0.3 is 14.5 Å². The van der Waals surface area contributed by atoms with Gasteiger partial charge in [-0.3, -0.25) is 4.90 Å². The summed E-state index contributed by atoms with van der Waals surface area (Å²) in [5.74, 6) is 1.34. The number of hydrogen-bond donors (Lipinski definition) is 0. The van der Waals surface area contributed by atoms with Gasteiger partial charge in [-0.15, -0.1) is 0 Å². The van der Waals surface area contributed by atoms with Crippen LogP contribution in [0.2, 0.25) is 5.28 Å². The van der Waals surface area contributed by atoms with Crippen LogP contribution < -0.4 is 9.80 Å². The second-order valence-corrected chi connectivity index (χ2v) is 6.26. The van der Waals surface area contributed by atoms with Crippen molar-refractivity contribution in [3.8, 4) is 0 Å². The summed E-state index contributed by atoms with van der Waals surface area (Å²) in [7, 11) is 0. The van der Waals surface area contributed by atoms with Crippen molar-refractivity contribution < 1.29 is 4.74 Å². The summed E-state index contributed by atoms with van der Waals surface area (Å²) in [6, 6.07) is 0.577. The summed E-state index contributed by atoms with van der Waals surface area (Å²) in [5.41, 5.74) is 0. The lowest BCUT2D eigenvalue weighted by atomic mass is 10.2. The van der Waals surface area contributed by atoms with Gasteiger partial charge in [0.2, 0.25) is 17.2 Å². The van der Waals surface area contributed by atoms with Crippen LogP contribution in [0.4, 0.5) is 11.9 Å². The maximum absolute atomic E-state index is 6.11. The Bertz CT molecular complexity index is 500. The molecule has 0 aromatic carbocycles. The first-order valence-electron chi connectivity index (χ1n) is 7.87. The highest BCUT2D eigenvalue weighted by Crippen LogP contribution is 2.19. The Hall–Kier alpha value is -1.18. The van der Waals surface area contributed by atoms with E-state index in [0.717, 1.165) is 39.3 Å². The fourth-order valence-electron chi connectivity index (χ4n) is 2.81. The van der Waals surface area contributed by atoms with Crippen molar-refractivity contribution in [2.75, 3.05) is 62.3 Å². The molecular weight excluding hydrogens is 304 g/mol. The molecule has 1 aromatic heterocycles. The van der Waals surface area contributed by atoms with Gasteiger partial charge >= 0.3 is 0 Å². The summed E-state index contributed by atoms with van der Waals surface area (Å²) in [6.45, 7) is 11.3. The standard InChI is InChI=1S/C14H23ClN6O/c1-11(2)19-3-5-20(6-4-19)13-16-12(15)17-14(18-13)21-7-9-22-10-8-21/h11H,3-10H2,1-2H3. The number of rotatable bonds is 3. The third-order valence-corrected chi connectivity index (χ3v) is 4.37. The van der Waals surface area contributed by atoms with Gasteiger partial charge in [0, 0.05) is 45.3 Å². The lowest BCUT2D eigenvalue weighted by molar-refractivity contribution is 0.122. The lowest BCUT2D eigenvalue weighted by Gasteiger charge is -2.37. The SMILES string of the molecule is CC(C)N1CCN(c2nc(Cl)nc(N3CCOCC3)n2)CC1. The highest BCUT2D eigenvalue weighted by Gasteiger charge is 2.23. The Balaban J connectivity index is 1.72. The quantitative estimate of drug-likeness (QED) is 0.817. The smallest absolute Gasteiger partial charge is 0.231 e. The third kappa shape index (κ3) is 3.59. The van der Waals surface area contributed by atoms with Crippen LogP contribution in [-0.2, 0) is 4.74 Å². The summed E-state index contributed by atoms with van der Waals surface area (Å²) in [5, 5.41) is 0.262. The summed E-state index contributed by atoms with van der Waals surface area (Å²) in [4.78, 5) is 20.0. The van der Waals surface area contributed by atoms with Crippen molar-refractivity contribution in [2.24, 2.45) is 0 Å². The molecule has 22 heavy (non-hydrogen) atoms. The largest absolute Gasteiger partial charge is 0.378 e. The highest BCUT2D eigenvalue weighted by atomic mass is 35.5. The van der Waals surface area contributed by atoms with Crippen molar-refractivity contribution in [3.05, 3.63) is 5.28 Å². The van der Waals surface area contributed by atoms with Gasteiger partial charge in [0.1, 0.15) is 0 Å². The predicted octanol–water partition coefficient (Wildman–Crippen LogP) is 0.892. The predicted molar refractivity (Wildman–Crippen MR) is 86.8 cm³/mol. The minimum atomic E-state index is 0.262. The van der Waals surface area contributed by atoms with Gasteiger partial charge in [0.25, 0.3) is 0 Å². The van der Waals surface area contributed by atoms with E-state index in [9.17, 15) is 0 Å². The number of ether oxygens (including phenoxy) is 1. The monoisotopic (exact) mass is 326 g/mol. The molecule has 0 saturated carbocycles.